The van der Waals surface area contributed by atoms with Crippen LogP contribution in [0.25, 0.3) is 0 Å². The van der Waals surface area contributed by atoms with Gasteiger partial charge in [-0.2, -0.15) is 0 Å². The van der Waals surface area contributed by atoms with Crippen LogP contribution in [0, 0.1) is 0 Å². The van der Waals surface area contributed by atoms with E-state index < -0.39 is 11.9 Å². The third-order valence-corrected chi connectivity index (χ3v) is 4.81. The molecule has 1 heterocycles. The van der Waals surface area contributed by atoms with Crippen LogP contribution in [-0.4, -0.2) is 16.1 Å². The lowest BCUT2D eigenvalue weighted by molar-refractivity contribution is -0.138. The Morgan fingerprint density at radius 2 is 2.19 bits per heavy atom. The molecule has 2 aromatic rings. The number of carboxylic acids is 1. The van der Waals surface area contributed by atoms with Crippen molar-refractivity contribution in [1.82, 2.24) is 4.98 Å². The normalized spacial score (nSPS) is 16.7. The fourth-order valence-corrected chi connectivity index (χ4v) is 3.75. The zero-order valence-electron chi connectivity index (χ0n) is 11.9. The molecular formula is C16H18N2O2S. The third kappa shape index (κ3) is 2.93. The molecule has 2 N–H and O–H groups in total. The van der Waals surface area contributed by atoms with Gasteiger partial charge in [-0.15, -0.1) is 11.3 Å². The van der Waals surface area contributed by atoms with Gasteiger partial charge in [0.15, 0.2) is 5.13 Å². The lowest BCUT2D eigenvalue weighted by atomic mass is 10.1. The minimum absolute atomic E-state index is 0.432. The lowest BCUT2D eigenvalue weighted by Crippen LogP contribution is -2.08. The zero-order chi connectivity index (χ0) is 14.8. The van der Waals surface area contributed by atoms with Crippen LogP contribution in [-0.2, 0) is 17.6 Å². The first-order valence-electron chi connectivity index (χ1n) is 7.25. The van der Waals surface area contributed by atoms with E-state index >= 15 is 0 Å². The number of hydrogen-bond donors (Lipinski definition) is 2. The summed E-state index contributed by atoms with van der Waals surface area (Å²) in [5.74, 6) is -1.20. The Kier molecular flexibility index (Phi) is 3.92. The van der Waals surface area contributed by atoms with Crippen molar-refractivity contribution in [2.24, 2.45) is 0 Å². The Morgan fingerprint density at radius 3 is 2.86 bits per heavy atom. The number of nitrogens with one attached hydrogen (secondary N) is 1. The van der Waals surface area contributed by atoms with Gasteiger partial charge >= 0.3 is 5.97 Å². The molecule has 1 atom stereocenters. The number of aryl methyl sites for hydroxylation is 2. The van der Waals surface area contributed by atoms with Crippen LogP contribution < -0.4 is 5.32 Å². The van der Waals surface area contributed by atoms with Crippen molar-refractivity contribution in [3.05, 3.63) is 40.4 Å². The maximum absolute atomic E-state index is 11.2. The van der Waals surface area contributed by atoms with Crippen molar-refractivity contribution in [1.29, 1.82) is 0 Å². The van der Waals surface area contributed by atoms with E-state index in [1.807, 2.05) is 12.1 Å². The van der Waals surface area contributed by atoms with Gasteiger partial charge in [0.05, 0.1) is 5.69 Å². The van der Waals surface area contributed by atoms with E-state index in [9.17, 15) is 9.90 Å². The van der Waals surface area contributed by atoms with E-state index in [0.29, 0.717) is 6.42 Å². The van der Waals surface area contributed by atoms with E-state index in [1.165, 1.54) is 5.56 Å². The van der Waals surface area contributed by atoms with Crippen molar-refractivity contribution in [2.45, 2.75) is 38.5 Å². The summed E-state index contributed by atoms with van der Waals surface area (Å²) in [6, 6.07) is 8.33. The number of nitrogens with zero attached hydrogens (tertiary/aromatic N) is 1. The molecule has 0 bridgehead atoms. The van der Waals surface area contributed by atoms with Gasteiger partial charge in [0.2, 0.25) is 0 Å². The second-order valence-electron chi connectivity index (χ2n) is 5.33. The van der Waals surface area contributed by atoms with Gasteiger partial charge in [0.1, 0.15) is 5.92 Å². The minimum Gasteiger partial charge on any atom is -0.481 e. The summed E-state index contributed by atoms with van der Waals surface area (Å²) in [5, 5.41) is 13.2. The second kappa shape index (κ2) is 5.85. The summed E-state index contributed by atoms with van der Waals surface area (Å²) in [6.45, 7) is 2.17. The summed E-state index contributed by atoms with van der Waals surface area (Å²) in [5.41, 5.74) is 3.07. The summed E-state index contributed by atoms with van der Waals surface area (Å²) in [7, 11) is 0. The molecule has 1 unspecified atom stereocenters. The molecule has 0 aliphatic heterocycles. The minimum atomic E-state index is -0.769. The molecule has 1 aromatic heterocycles. The number of aromatic nitrogens is 1. The molecule has 0 fully saturated rings. The zero-order valence-corrected chi connectivity index (χ0v) is 12.7. The number of anilines is 2. The van der Waals surface area contributed by atoms with Crippen molar-refractivity contribution >= 4 is 28.1 Å². The highest BCUT2D eigenvalue weighted by molar-refractivity contribution is 7.15. The topological polar surface area (TPSA) is 62.2 Å². The Bertz CT molecular complexity index is 649. The van der Waals surface area contributed by atoms with E-state index in [1.54, 1.807) is 11.3 Å². The standard InChI is InChI=1S/C16H18N2O2S/c1-2-3-10-4-6-11(7-5-10)17-16-18-14-12(15(19)20)8-9-13(14)21-16/h4-7,12H,2-3,8-9H2,1H3,(H,17,18)(H,19,20). The molecule has 21 heavy (non-hydrogen) atoms. The van der Waals surface area contributed by atoms with Crippen LogP contribution >= 0.6 is 11.3 Å². The Labute approximate surface area is 127 Å². The average Bonchev–Trinajstić information content (AvgIpc) is 3.00. The molecular weight excluding hydrogens is 284 g/mol. The predicted molar refractivity (Wildman–Crippen MR) is 84.5 cm³/mol. The Hall–Kier alpha value is -1.88. The molecule has 0 radical (unpaired) electrons. The quantitative estimate of drug-likeness (QED) is 0.877. The SMILES string of the molecule is CCCc1ccc(Nc2nc3c(s2)CCC3C(=O)O)cc1. The summed E-state index contributed by atoms with van der Waals surface area (Å²) >= 11 is 1.57. The number of thiazole rings is 1. The second-order valence-corrected chi connectivity index (χ2v) is 6.41. The van der Waals surface area contributed by atoms with Gasteiger partial charge < -0.3 is 10.4 Å². The molecule has 0 saturated carbocycles. The van der Waals surface area contributed by atoms with Crippen molar-refractivity contribution in [2.75, 3.05) is 5.32 Å². The summed E-state index contributed by atoms with van der Waals surface area (Å²) in [4.78, 5) is 16.8. The number of carbonyl (C=O) groups is 1. The highest BCUT2D eigenvalue weighted by Gasteiger charge is 2.32. The fourth-order valence-electron chi connectivity index (χ4n) is 2.69. The molecule has 0 spiro atoms. The van der Waals surface area contributed by atoms with Crippen molar-refractivity contribution in [3.8, 4) is 0 Å². The number of fused-ring (bicyclic) bond motifs is 1. The van der Waals surface area contributed by atoms with Gasteiger partial charge in [-0.05, 0) is 37.0 Å². The van der Waals surface area contributed by atoms with Gasteiger partial charge in [-0.3, -0.25) is 4.79 Å². The monoisotopic (exact) mass is 302 g/mol. The van der Waals surface area contributed by atoms with Gasteiger partial charge in [-0.25, -0.2) is 4.98 Å². The van der Waals surface area contributed by atoms with E-state index in [2.05, 4.69) is 29.4 Å². The Balaban J connectivity index is 1.74. The average molecular weight is 302 g/mol. The van der Waals surface area contributed by atoms with E-state index in [4.69, 9.17) is 0 Å². The maximum Gasteiger partial charge on any atom is 0.312 e. The van der Waals surface area contributed by atoms with Gasteiger partial charge in [0.25, 0.3) is 0 Å². The van der Waals surface area contributed by atoms with E-state index in [0.717, 1.165) is 40.7 Å². The lowest BCUT2D eigenvalue weighted by Gasteiger charge is -2.05. The van der Waals surface area contributed by atoms with E-state index in [-0.39, 0.29) is 0 Å². The number of benzene rings is 1. The first-order chi connectivity index (χ1) is 10.2. The van der Waals surface area contributed by atoms with Crippen LogP contribution in [0.15, 0.2) is 24.3 Å². The molecule has 1 aliphatic rings. The molecule has 0 saturated heterocycles. The molecule has 1 aromatic carbocycles. The molecule has 4 nitrogen and oxygen atoms in total. The first kappa shape index (κ1) is 14.1. The molecule has 5 heteroatoms. The maximum atomic E-state index is 11.2. The van der Waals surface area contributed by atoms with Crippen LogP contribution in [0.4, 0.5) is 10.8 Å². The Morgan fingerprint density at radius 1 is 1.43 bits per heavy atom. The molecule has 110 valence electrons. The number of aliphatic carboxylic acids is 1. The first-order valence-corrected chi connectivity index (χ1v) is 8.07. The smallest absolute Gasteiger partial charge is 0.312 e. The van der Waals surface area contributed by atoms with Crippen LogP contribution in [0.2, 0.25) is 0 Å². The van der Waals surface area contributed by atoms with Crippen LogP contribution in [0.1, 0.15) is 41.8 Å². The van der Waals surface area contributed by atoms with Gasteiger partial charge in [-0.1, -0.05) is 25.5 Å². The summed E-state index contributed by atoms with van der Waals surface area (Å²) in [6.07, 6.45) is 3.73. The van der Waals surface area contributed by atoms with Crippen molar-refractivity contribution in [3.63, 3.8) is 0 Å². The van der Waals surface area contributed by atoms with Gasteiger partial charge in [0, 0.05) is 10.6 Å². The van der Waals surface area contributed by atoms with Crippen LogP contribution in [0.5, 0.6) is 0 Å². The summed E-state index contributed by atoms with van der Waals surface area (Å²) < 4.78 is 0. The molecule has 3 rings (SSSR count). The fraction of sp³-hybridized carbons (Fsp3) is 0.375. The number of rotatable bonds is 5. The predicted octanol–water partition coefficient (Wildman–Crippen LogP) is 3.95. The third-order valence-electron chi connectivity index (χ3n) is 3.76. The number of carboxylic acid groups (broad SMARTS) is 1. The molecule has 1 aliphatic carbocycles. The highest BCUT2D eigenvalue weighted by Crippen LogP contribution is 2.39. The molecule has 0 amide bonds. The van der Waals surface area contributed by atoms with Crippen molar-refractivity contribution < 1.29 is 9.90 Å². The number of hydrogen-bond acceptors (Lipinski definition) is 4. The largest absolute Gasteiger partial charge is 0.481 e. The van der Waals surface area contributed by atoms with Crippen LogP contribution in [0.3, 0.4) is 0 Å². The highest BCUT2D eigenvalue weighted by atomic mass is 32.1.